The molecule has 2 unspecified atom stereocenters. The minimum Gasteiger partial charge on any atom is -0.371 e. The SMILES string of the molecule is CC1(C)CCC(CNC2CCS(=O)(=O)C2)O1. The molecule has 0 aromatic carbocycles. The average molecular weight is 247 g/mol. The first-order valence-corrected chi connectivity index (χ1v) is 7.80. The molecule has 0 aliphatic carbocycles. The molecule has 0 bridgehead atoms. The molecule has 2 aliphatic heterocycles. The Morgan fingerprint density at radius 3 is 2.62 bits per heavy atom. The second-order valence-corrected chi connectivity index (χ2v) is 7.78. The van der Waals surface area contributed by atoms with Crippen LogP contribution in [0, 0.1) is 0 Å². The maximum Gasteiger partial charge on any atom is 0.151 e. The third-order valence-corrected chi connectivity index (χ3v) is 5.19. The smallest absolute Gasteiger partial charge is 0.151 e. The zero-order valence-corrected chi connectivity index (χ0v) is 10.8. The summed E-state index contributed by atoms with van der Waals surface area (Å²) in [5, 5.41) is 3.31. The van der Waals surface area contributed by atoms with Gasteiger partial charge < -0.3 is 10.1 Å². The largest absolute Gasteiger partial charge is 0.371 e. The highest BCUT2D eigenvalue weighted by Crippen LogP contribution is 2.29. The Labute approximate surface area is 97.7 Å². The van der Waals surface area contributed by atoms with Crippen LogP contribution in [0.5, 0.6) is 0 Å². The molecule has 1 N–H and O–H groups in total. The van der Waals surface area contributed by atoms with E-state index in [9.17, 15) is 8.42 Å². The average Bonchev–Trinajstić information content (AvgIpc) is 2.66. The van der Waals surface area contributed by atoms with Gasteiger partial charge in [0.2, 0.25) is 0 Å². The fraction of sp³-hybridized carbons (Fsp3) is 1.00. The van der Waals surface area contributed by atoms with Crippen LogP contribution in [0.4, 0.5) is 0 Å². The Morgan fingerprint density at radius 2 is 2.12 bits per heavy atom. The molecule has 5 heteroatoms. The van der Waals surface area contributed by atoms with Crippen molar-refractivity contribution in [2.24, 2.45) is 0 Å². The van der Waals surface area contributed by atoms with Gasteiger partial charge in [-0.1, -0.05) is 0 Å². The maximum absolute atomic E-state index is 11.3. The van der Waals surface area contributed by atoms with E-state index in [1.807, 2.05) is 0 Å². The summed E-state index contributed by atoms with van der Waals surface area (Å²) in [6.45, 7) is 4.99. The standard InChI is InChI=1S/C11H21NO3S/c1-11(2)5-3-10(15-11)7-12-9-4-6-16(13,14)8-9/h9-10,12H,3-8H2,1-2H3. The summed E-state index contributed by atoms with van der Waals surface area (Å²) < 4.78 is 28.4. The van der Waals surface area contributed by atoms with Crippen LogP contribution >= 0.6 is 0 Å². The van der Waals surface area contributed by atoms with E-state index in [0.717, 1.165) is 25.8 Å². The highest BCUT2D eigenvalue weighted by Gasteiger charge is 2.33. The topological polar surface area (TPSA) is 55.4 Å². The van der Waals surface area contributed by atoms with Gasteiger partial charge in [-0.3, -0.25) is 0 Å². The van der Waals surface area contributed by atoms with Crippen LogP contribution in [0.25, 0.3) is 0 Å². The number of sulfone groups is 1. The van der Waals surface area contributed by atoms with Crippen molar-refractivity contribution in [2.75, 3.05) is 18.1 Å². The molecule has 2 atom stereocenters. The first-order chi connectivity index (χ1) is 7.36. The van der Waals surface area contributed by atoms with Crippen molar-refractivity contribution in [1.82, 2.24) is 5.32 Å². The van der Waals surface area contributed by atoms with Crippen molar-refractivity contribution in [3.05, 3.63) is 0 Å². The summed E-state index contributed by atoms with van der Waals surface area (Å²) in [7, 11) is -2.77. The number of hydrogen-bond acceptors (Lipinski definition) is 4. The molecule has 0 aromatic heterocycles. The van der Waals surface area contributed by atoms with Crippen LogP contribution in [0.3, 0.4) is 0 Å². The summed E-state index contributed by atoms with van der Waals surface area (Å²) in [6.07, 6.45) is 3.15. The summed E-state index contributed by atoms with van der Waals surface area (Å²) in [5.74, 6) is 0.630. The van der Waals surface area contributed by atoms with Crippen molar-refractivity contribution in [3.63, 3.8) is 0 Å². The van der Waals surface area contributed by atoms with Crippen molar-refractivity contribution in [2.45, 2.75) is 50.9 Å². The highest BCUT2D eigenvalue weighted by molar-refractivity contribution is 7.91. The number of hydrogen-bond donors (Lipinski definition) is 1. The minimum atomic E-state index is -2.77. The Bertz CT molecular complexity index is 350. The molecule has 4 nitrogen and oxygen atoms in total. The van der Waals surface area contributed by atoms with Gasteiger partial charge in [0, 0.05) is 12.6 Å². The molecule has 16 heavy (non-hydrogen) atoms. The predicted octanol–water partition coefficient (Wildman–Crippen LogP) is 0.721. The van der Waals surface area contributed by atoms with E-state index in [-0.39, 0.29) is 17.7 Å². The van der Waals surface area contributed by atoms with E-state index in [1.165, 1.54) is 0 Å². The fourth-order valence-corrected chi connectivity index (χ4v) is 4.18. The van der Waals surface area contributed by atoms with Crippen LogP contribution in [0.1, 0.15) is 33.1 Å². The van der Waals surface area contributed by atoms with E-state index >= 15 is 0 Å². The Kier molecular flexibility index (Phi) is 3.29. The van der Waals surface area contributed by atoms with Crippen molar-refractivity contribution in [1.29, 1.82) is 0 Å². The first kappa shape index (κ1) is 12.3. The van der Waals surface area contributed by atoms with E-state index in [2.05, 4.69) is 19.2 Å². The molecule has 2 heterocycles. The zero-order valence-electron chi connectivity index (χ0n) is 10.0. The maximum atomic E-state index is 11.3. The molecular formula is C11H21NO3S. The van der Waals surface area contributed by atoms with Crippen molar-refractivity contribution < 1.29 is 13.2 Å². The van der Waals surface area contributed by atoms with Gasteiger partial charge in [-0.25, -0.2) is 8.42 Å². The highest BCUT2D eigenvalue weighted by atomic mass is 32.2. The minimum absolute atomic E-state index is 0.00585. The number of rotatable bonds is 3. The summed E-state index contributed by atoms with van der Waals surface area (Å²) >= 11 is 0. The summed E-state index contributed by atoms with van der Waals surface area (Å²) in [5.41, 5.74) is -0.00585. The lowest BCUT2D eigenvalue weighted by Crippen LogP contribution is -2.37. The van der Waals surface area contributed by atoms with Gasteiger partial charge in [0.25, 0.3) is 0 Å². The van der Waals surface area contributed by atoms with Crippen LogP contribution in [-0.2, 0) is 14.6 Å². The van der Waals surface area contributed by atoms with Crippen molar-refractivity contribution >= 4 is 9.84 Å². The number of ether oxygens (including phenoxy) is 1. The number of nitrogens with one attached hydrogen (secondary N) is 1. The molecule has 2 rings (SSSR count). The third-order valence-electron chi connectivity index (χ3n) is 3.42. The molecule has 0 saturated carbocycles. The van der Waals surface area contributed by atoms with E-state index in [4.69, 9.17) is 4.74 Å². The molecule has 94 valence electrons. The zero-order chi connectivity index (χ0) is 11.8. The monoisotopic (exact) mass is 247 g/mol. The normalized spacial score (nSPS) is 36.6. The van der Waals surface area contributed by atoms with Crippen LogP contribution in [0.15, 0.2) is 0 Å². The van der Waals surface area contributed by atoms with Gasteiger partial charge in [0.1, 0.15) is 0 Å². The molecule has 0 amide bonds. The van der Waals surface area contributed by atoms with Crippen LogP contribution in [0.2, 0.25) is 0 Å². The second-order valence-electron chi connectivity index (χ2n) is 5.55. The quantitative estimate of drug-likeness (QED) is 0.798. The Morgan fingerprint density at radius 1 is 1.38 bits per heavy atom. The second kappa shape index (κ2) is 4.27. The Hall–Kier alpha value is -0.130. The summed E-state index contributed by atoms with van der Waals surface area (Å²) in [4.78, 5) is 0. The lowest BCUT2D eigenvalue weighted by Gasteiger charge is -2.20. The van der Waals surface area contributed by atoms with Gasteiger partial charge in [-0.15, -0.1) is 0 Å². The molecular weight excluding hydrogens is 226 g/mol. The third kappa shape index (κ3) is 3.18. The van der Waals surface area contributed by atoms with Gasteiger partial charge in [0.05, 0.1) is 23.2 Å². The van der Waals surface area contributed by atoms with Gasteiger partial charge >= 0.3 is 0 Å². The predicted molar refractivity (Wildman–Crippen MR) is 63.2 cm³/mol. The first-order valence-electron chi connectivity index (χ1n) is 5.98. The lowest BCUT2D eigenvalue weighted by molar-refractivity contribution is -0.0149. The van der Waals surface area contributed by atoms with Crippen LogP contribution in [-0.4, -0.2) is 44.2 Å². The van der Waals surface area contributed by atoms with E-state index in [1.54, 1.807) is 0 Å². The molecule has 2 fully saturated rings. The van der Waals surface area contributed by atoms with E-state index < -0.39 is 9.84 Å². The molecule has 0 aromatic rings. The van der Waals surface area contributed by atoms with Crippen molar-refractivity contribution in [3.8, 4) is 0 Å². The molecule has 2 saturated heterocycles. The Balaban J connectivity index is 1.73. The fourth-order valence-electron chi connectivity index (χ4n) is 2.48. The van der Waals surface area contributed by atoms with E-state index in [0.29, 0.717) is 11.5 Å². The van der Waals surface area contributed by atoms with Gasteiger partial charge in [-0.05, 0) is 33.1 Å². The summed E-state index contributed by atoms with van der Waals surface area (Å²) in [6, 6.07) is 0.136. The van der Waals surface area contributed by atoms with Crippen LogP contribution < -0.4 is 5.32 Å². The van der Waals surface area contributed by atoms with Gasteiger partial charge in [0.15, 0.2) is 9.84 Å². The molecule has 0 radical (unpaired) electrons. The lowest BCUT2D eigenvalue weighted by atomic mass is 10.1. The molecule has 2 aliphatic rings. The van der Waals surface area contributed by atoms with Gasteiger partial charge in [-0.2, -0.15) is 0 Å². The molecule has 0 spiro atoms.